The van der Waals surface area contributed by atoms with Crippen molar-refractivity contribution in [1.82, 2.24) is 14.5 Å². The van der Waals surface area contributed by atoms with Gasteiger partial charge in [-0.2, -0.15) is 9.40 Å². The second-order valence-electron chi connectivity index (χ2n) is 7.63. The number of carbonyl (C=O) groups is 1. The van der Waals surface area contributed by atoms with Gasteiger partial charge in [-0.3, -0.25) is 9.89 Å². The van der Waals surface area contributed by atoms with Crippen molar-refractivity contribution in [3.63, 3.8) is 0 Å². The van der Waals surface area contributed by atoms with Crippen LogP contribution < -0.4 is 14.8 Å². The number of nitrogens with one attached hydrogen (secondary N) is 2. The normalized spacial score (nSPS) is 15.8. The van der Waals surface area contributed by atoms with Crippen LogP contribution in [0, 0.1) is 0 Å². The molecule has 0 atom stereocenters. The Bertz CT molecular complexity index is 1260. The Hall–Kier alpha value is -3.37. The third-order valence-electron chi connectivity index (χ3n) is 5.51. The minimum atomic E-state index is -3.63. The number of rotatable bonds is 5. The fourth-order valence-electron chi connectivity index (χ4n) is 3.88. The number of sulfonamides is 1. The highest BCUT2D eigenvalue weighted by molar-refractivity contribution is 7.89. The van der Waals surface area contributed by atoms with Crippen LogP contribution in [0.25, 0.3) is 0 Å². The van der Waals surface area contributed by atoms with Gasteiger partial charge < -0.3 is 14.8 Å². The lowest BCUT2D eigenvalue weighted by Crippen LogP contribution is -2.36. The molecule has 0 saturated carbocycles. The van der Waals surface area contributed by atoms with E-state index in [-0.39, 0.29) is 23.8 Å². The van der Waals surface area contributed by atoms with Crippen LogP contribution in [-0.2, 0) is 34.2 Å². The van der Waals surface area contributed by atoms with Gasteiger partial charge in [-0.05, 0) is 29.8 Å². The van der Waals surface area contributed by atoms with Crippen LogP contribution in [0.3, 0.4) is 0 Å². The number of amides is 1. The Balaban J connectivity index is 1.30. The first-order valence-corrected chi connectivity index (χ1v) is 11.7. The molecule has 0 spiro atoms. The zero-order valence-corrected chi connectivity index (χ0v) is 18.0. The number of fused-ring (bicyclic) bond motifs is 2. The zero-order chi connectivity index (χ0) is 22.1. The van der Waals surface area contributed by atoms with Crippen molar-refractivity contribution in [1.29, 1.82) is 0 Å². The van der Waals surface area contributed by atoms with Gasteiger partial charge in [0.25, 0.3) is 0 Å². The number of anilines is 1. The fraction of sp³-hybridized carbons (Fsp3) is 0.273. The molecule has 166 valence electrons. The summed E-state index contributed by atoms with van der Waals surface area (Å²) in [6, 6.07) is 13.7. The van der Waals surface area contributed by atoms with Gasteiger partial charge >= 0.3 is 0 Å². The second kappa shape index (κ2) is 8.29. The van der Waals surface area contributed by atoms with Crippen LogP contribution in [0.15, 0.2) is 53.4 Å². The Kier molecular flexibility index (Phi) is 5.32. The van der Waals surface area contributed by atoms with Crippen LogP contribution in [0.4, 0.5) is 5.82 Å². The summed E-state index contributed by atoms with van der Waals surface area (Å²) in [4.78, 5) is 12.9. The smallest absolute Gasteiger partial charge is 0.243 e. The number of ether oxygens (including phenoxy) is 2. The Morgan fingerprint density at radius 1 is 1.09 bits per heavy atom. The minimum absolute atomic E-state index is 0.129. The van der Waals surface area contributed by atoms with Crippen LogP contribution in [0.1, 0.15) is 16.8 Å². The predicted molar refractivity (Wildman–Crippen MR) is 116 cm³/mol. The van der Waals surface area contributed by atoms with Crippen LogP contribution in [0.2, 0.25) is 0 Å². The third kappa shape index (κ3) is 3.94. The molecule has 2 N–H and O–H groups in total. The average Bonchev–Trinajstić information content (AvgIpc) is 3.21. The van der Waals surface area contributed by atoms with Crippen molar-refractivity contribution in [2.24, 2.45) is 0 Å². The van der Waals surface area contributed by atoms with Gasteiger partial charge in [-0.1, -0.05) is 24.3 Å². The average molecular weight is 455 g/mol. The summed E-state index contributed by atoms with van der Waals surface area (Å²) < 4.78 is 38.5. The van der Waals surface area contributed by atoms with E-state index in [1.807, 2.05) is 6.07 Å². The van der Waals surface area contributed by atoms with Crippen molar-refractivity contribution in [3.05, 3.63) is 65.4 Å². The van der Waals surface area contributed by atoms with Gasteiger partial charge in [0.15, 0.2) is 17.3 Å². The summed E-state index contributed by atoms with van der Waals surface area (Å²) in [6.45, 7) is 1.47. The molecule has 0 aliphatic carbocycles. The Labute approximate surface area is 185 Å². The molecule has 0 bridgehead atoms. The second-order valence-corrected chi connectivity index (χ2v) is 9.57. The molecule has 0 saturated heterocycles. The van der Waals surface area contributed by atoms with Crippen LogP contribution in [0.5, 0.6) is 11.5 Å². The minimum Gasteiger partial charge on any atom is -0.486 e. The molecule has 0 radical (unpaired) electrons. The summed E-state index contributed by atoms with van der Waals surface area (Å²) in [5.41, 5.74) is 2.30. The van der Waals surface area contributed by atoms with Gasteiger partial charge in [0.05, 0.1) is 11.3 Å². The topological polar surface area (TPSA) is 114 Å². The lowest BCUT2D eigenvalue weighted by atomic mass is 10.1. The maximum absolute atomic E-state index is 13.0. The largest absolute Gasteiger partial charge is 0.486 e. The standard InChI is InChI=1S/C22H22N4O5S/c27-21(13-15-6-7-19-20(12-15)31-11-10-30-19)23-22-17-14-26(9-8-18(17)24-25-22)32(28,29)16-4-2-1-3-5-16/h1-7,12H,8-11,13-14H2,(H2,23,24,25,27). The molecule has 32 heavy (non-hydrogen) atoms. The van der Waals surface area contributed by atoms with Gasteiger partial charge in [0, 0.05) is 30.8 Å². The van der Waals surface area contributed by atoms with Gasteiger partial charge in [-0.25, -0.2) is 8.42 Å². The highest BCUT2D eigenvalue weighted by atomic mass is 32.2. The van der Waals surface area contributed by atoms with E-state index in [0.717, 1.165) is 11.3 Å². The summed E-state index contributed by atoms with van der Waals surface area (Å²) in [6.07, 6.45) is 0.622. The quantitative estimate of drug-likeness (QED) is 0.611. The number of aromatic amines is 1. The molecule has 1 amide bonds. The number of aromatic nitrogens is 2. The van der Waals surface area contributed by atoms with Crippen molar-refractivity contribution in [2.75, 3.05) is 25.1 Å². The van der Waals surface area contributed by atoms with E-state index < -0.39 is 10.0 Å². The van der Waals surface area contributed by atoms with Gasteiger partial charge in [0.1, 0.15) is 13.2 Å². The maximum atomic E-state index is 13.0. The molecule has 3 heterocycles. The van der Waals surface area contributed by atoms with Gasteiger partial charge in [-0.15, -0.1) is 0 Å². The van der Waals surface area contributed by atoms with E-state index >= 15 is 0 Å². The predicted octanol–water partition coefficient (Wildman–Crippen LogP) is 2.11. The first kappa shape index (κ1) is 20.5. The van der Waals surface area contributed by atoms with Crippen LogP contribution >= 0.6 is 0 Å². The highest BCUT2D eigenvalue weighted by Crippen LogP contribution is 2.31. The van der Waals surface area contributed by atoms with E-state index in [1.54, 1.807) is 42.5 Å². The number of H-pyrrole nitrogens is 1. The summed E-state index contributed by atoms with van der Waals surface area (Å²) in [5.74, 6) is 1.40. The lowest BCUT2D eigenvalue weighted by molar-refractivity contribution is -0.115. The fourth-order valence-corrected chi connectivity index (χ4v) is 5.31. The summed E-state index contributed by atoms with van der Waals surface area (Å²) >= 11 is 0. The number of hydrogen-bond acceptors (Lipinski definition) is 6. The Morgan fingerprint density at radius 3 is 2.69 bits per heavy atom. The summed E-state index contributed by atoms with van der Waals surface area (Å²) in [5, 5.41) is 9.96. The van der Waals surface area contributed by atoms with E-state index in [2.05, 4.69) is 15.5 Å². The molecule has 1 aromatic heterocycles. The monoisotopic (exact) mass is 454 g/mol. The molecule has 10 heteroatoms. The van der Waals surface area contributed by atoms with E-state index in [9.17, 15) is 13.2 Å². The van der Waals surface area contributed by atoms with E-state index in [1.165, 1.54) is 4.31 Å². The number of carbonyl (C=O) groups excluding carboxylic acids is 1. The summed E-state index contributed by atoms with van der Waals surface area (Å²) in [7, 11) is -3.63. The van der Waals surface area contributed by atoms with E-state index in [0.29, 0.717) is 49.1 Å². The molecule has 2 aliphatic rings. The molecule has 5 rings (SSSR count). The zero-order valence-electron chi connectivity index (χ0n) is 17.2. The van der Waals surface area contributed by atoms with E-state index in [4.69, 9.17) is 9.47 Å². The third-order valence-corrected chi connectivity index (χ3v) is 7.37. The molecular weight excluding hydrogens is 432 g/mol. The molecule has 9 nitrogen and oxygen atoms in total. The highest BCUT2D eigenvalue weighted by Gasteiger charge is 2.31. The number of hydrogen-bond donors (Lipinski definition) is 2. The molecule has 2 aliphatic heterocycles. The number of benzene rings is 2. The van der Waals surface area contributed by atoms with Crippen molar-refractivity contribution >= 4 is 21.7 Å². The first-order chi connectivity index (χ1) is 15.5. The van der Waals surface area contributed by atoms with Crippen molar-refractivity contribution in [3.8, 4) is 11.5 Å². The molecule has 2 aromatic carbocycles. The molecule has 0 fully saturated rings. The number of nitrogens with zero attached hydrogens (tertiary/aromatic N) is 2. The van der Waals surface area contributed by atoms with Crippen molar-refractivity contribution in [2.45, 2.75) is 24.3 Å². The maximum Gasteiger partial charge on any atom is 0.243 e. The first-order valence-electron chi connectivity index (χ1n) is 10.3. The molecule has 0 unspecified atom stereocenters. The SMILES string of the molecule is O=C(Cc1ccc2c(c1)OCCO2)Nc1n[nH]c2c1CN(S(=O)(=O)c1ccccc1)CC2. The lowest BCUT2D eigenvalue weighted by Gasteiger charge is -2.26. The van der Waals surface area contributed by atoms with Crippen LogP contribution in [-0.4, -0.2) is 48.6 Å². The Morgan fingerprint density at radius 2 is 1.88 bits per heavy atom. The molecular formula is C22H22N4O5S. The van der Waals surface area contributed by atoms with Crippen molar-refractivity contribution < 1.29 is 22.7 Å². The molecule has 3 aromatic rings. The van der Waals surface area contributed by atoms with Gasteiger partial charge in [0.2, 0.25) is 15.9 Å².